The summed E-state index contributed by atoms with van der Waals surface area (Å²) in [7, 11) is 2.76. The quantitative estimate of drug-likeness (QED) is 0.618. The second-order valence-electron chi connectivity index (χ2n) is 4.98. The van der Waals surface area contributed by atoms with Crippen molar-refractivity contribution in [3.63, 3.8) is 0 Å². The SMILES string of the molecule is C=CCOc1ccc(C(=O)Nc2ccc(OC)cc2C(=O)OC)cc1. The van der Waals surface area contributed by atoms with E-state index in [1.54, 1.807) is 42.5 Å². The lowest BCUT2D eigenvalue weighted by Crippen LogP contribution is -2.15. The summed E-state index contributed by atoms with van der Waals surface area (Å²) in [4.78, 5) is 24.3. The standard InChI is InChI=1S/C19H19NO5/c1-4-11-25-14-7-5-13(6-8-14)18(21)20-17-10-9-15(23-2)12-16(17)19(22)24-3/h4-10,12H,1,11H2,2-3H3,(H,20,21). The normalized spacial score (nSPS) is 9.84. The molecular formula is C19H19NO5. The first-order valence-electron chi connectivity index (χ1n) is 7.50. The van der Waals surface area contributed by atoms with Gasteiger partial charge >= 0.3 is 5.97 Å². The van der Waals surface area contributed by atoms with Crippen molar-refractivity contribution >= 4 is 17.6 Å². The van der Waals surface area contributed by atoms with E-state index in [2.05, 4.69) is 11.9 Å². The Balaban J connectivity index is 2.19. The summed E-state index contributed by atoms with van der Waals surface area (Å²) in [5.41, 5.74) is 0.975. The van der Waals surface area contributed by atoms with Gasteiger partial charge in [0, 0.05) is 5.56 Å². The van der Waals surface area contributed by atoms with Gasteiger partial charge in [0.15, 0.2) is 0 Å². The molecule has 1 N–H and O–H groups in total. The second-order valence-corrected chi connectivity index (χ2v) is 4.98. The number of carbonyl (C=O) groups excluding carboxylic acids is 2. The van der Waals surface area contributed by atoms with Gasteiger partial charge in [-0.3, -0.25) is 4.79 Å². The van der Waals surface area contributed by atoms with Crippen molar-refractivity contribution in [2.24, 2.45) is 0 Å². The highest BCUT2D eigenvalue weighted by atomic mass is 16.5. The molecule has 6 heteroatoms. The van der Waals surface area contributed by atoms with Crippen molar-refractivity contribution in [3.8, 4) is 11.5 Å². The zero-order valence-corrected chi connectivity index (χ0v) is 14.1. The smallest absolute Gasteiger partial charge is 0.340 e. The number of amides is 1. The monoisotopic (exact) mass is 341 g/mol. The van der Waals surface area contributed by atoms with Crippen molar-refractivity contribution in [2.75, 3.05) is 26.1 Å². The lowest BCUT2D eigenvalue weighted by atomic mass is 10.1. The van der Waals surface area contributed by atoms with Crippen LogP contribution in [0.4, 0.5) is 5.69 Å². The maximum Gasteiger partial charge on any atom is 0.340 e. The van der Waals surface area contributed by atoms with Gasteiger partial charge in [0.25, 0.3) is 5.91 Å². The second kappa shape index (κ2) is 8.54. The Morgan fingerprint density at radius 3 is 2.36 bits per heavy atom. The summed E-state index contributed by atoms with van der Waals surface area (Å²) in [6, 6.07) is 11.4. The van der Waals surface area contributed by atoms with E-state index in [4.69, 9.17) is 14.2 Å². The number of hydrogen-bond acceptors (Lipinski definition) is 5. The number of esters is 1. The van der Waals surface area contributed by atoms with E-state index >= 15 is 0 Å². The van der Waals surface area contributed by atoms with Gasteiger partial charge in [-0.1, -0.05) is 12.7 Å². The van der Waals surface area contributed by atoms with Crippen LogP contribution in [-0.4, -0.2) is 32.7 Å². The summed E-state index contributed by atoms with van der Waals surface area (Å²) < 4.78 is 15.2. The molecule has 0 saturated heterocycles. The van der Waals surface area contributed by atoms with Crippen LogP contribution in [0.5, 0.6) is 11.5 Å². The molecule has 25 heavy (non-hydrogen) atoms. The molecule has 0 spiro atoms. The average molecular weight is 341 g/mol. The molecule has 2 rings (SSSR count). The van der Waals surface area contributed by atoms with Gasteiger partial charge < -0.3 is 19.5 Å². The molecule has 2 aromatic carbocycles. The Morgan fingerprint density at radius 1 is 1.08 bits per heavy atom. The van der Waals surface area contributed by atoms with Crippen LogP contribution in [0.2, 0.25) is 0 Å². The van der Waals surface area contributed by atoms with Crippen molar-refractivity contribution < 1.29 is 23.8 Å². The van der Waals surface area contributed by atoms with Crippen LogP contribution in [0, 0.1) is 0 Å². The number of ether oxygens (including phenoxy) is 3. The maximum atomic E-state index is 12.4. The molecule has 0 atom stereocenters. The highest BCUT2D eigenvalue weighted by Gasteiger charge is 2.16. The largest absolute Gasteiger partial charge is 0.497 e. The highest BCUT2D eigenvalue weighted by molar-refractivity contribution is 6.08. The van der Waals surface area contributed by atoms with E-state index in [0.29, 0.717) is 29.4 Å². The number of methoxy groups -OCH3 is 2. The van der Waals surface area contributed by atoms with Crippen molar-refractivity contribution in [1.82, 2.24) is 0 Å². The van der Waals surface area contributed by atoms with E-state index in [1.807, 2.05) is 0 Å². The predicted molar refractivity (Wildman–Crippen MR) is 94.4 cm³/mol. The molecule has 0 saturated carbocycles. The van der Waals surface area contributed by atoms with Gasteiger partial charge in [-0.05, 0) is 42.5 Å². The molecule has 0 aliphatic carbocycles. The first-order chi connectivity index (χ1) is 12.1. The van der Waals surface area contributed by atoms with Crippen LogP contribution >= 0.6 is 0 Å². The van der Waals surface area contributed by atoms with Crippen molar-refractivity contribution in [1.29, 1.82) is 0 Å². The average Bonchev–Trinajstić information content (AvgIpc) is 2.66. The molecule has 2 aromatic rings. The van der Waals surface area contributed by atoms with E-state index in [-0.39, 0.29) is 11.5 Å². The zero-order chi connectivity index (χ0) is 18.2. The fourth-order valence-corrected chi connectivity index (χ4v) is 2.09. The molecule has 0 aliphatic heterocycles. The van der Waals surface area contributed by atoms with Crippen LogP contribution in [0.25, 0.3) is 0 Å². The minimum atomic E-state index is -0.567. The van der Waals surface area contributed by atoms with E-state index in [1.165, 1.54) is 20.3 Å². The minimum absolute atomic E-state index is 0.209. The van der Waals surface area contributed by atoms with Crippen LogP contribution in [0.15, 0.2) is 55.1 Å². The van der Waals surface area contributed by atoms with Gasteiger partial charge in [0.05, 0.1) is 25.5 Å². The van der Waals surface area contributed by atoms with E-state index in [9.17, 15) is 9.59 Å². The van der Waals surface area contributed by atoms with Crippen molar-refractivity contribution in [2.45, 2.75) is 0 Å². The molecule has 0 bridgehead atoms. The number of nitrogens with one attached hydrogen (secondary N) is 1. The van der Waals surface area contributed by atoms with Crippen molar-refractivity contribution in [3.05, 3.63) is 66.2 Å². The molecule has 0 fully saturated rings. The number of benzene rings is 2. The first-order valence-corrected chi connectivity index (χ1v) is 7.50. The zero-order valence-electron chi connectivity index (χ0n) is 14.1. The summed E-state index contributed by atoms with van der Waals surface area (Å²) >= 11 is 0. The van der Waals surface area contributed by atoms with Gasteiger partial charge in [-0.15, -0.1) is 0 Å². The summed E-state index contributed by atoms with van der Waals surface area (Å²) in [6.45, 7) is 3.96. The molecule has 0 heterocycles. The van der Waals surface area contributed by atoms with Gasteiger partial charge in [0.2, 0.25) is 0 Å². The first kappa shape index (κ1) is 18.1. The molecule has 6 nitrogen and oxygen atoms in total. The molecule has 0 aliphatic rings. The minimum Gasteiger partial charge on any atom is -0.497 e. The van der Waals surface area contributed by atoms with Gasteiger partial charge in [0.1, 0.15) is 18.1 Å². The number of rotatable bonds is 7. The Labute approximate surface area is 146 Å². The Bertz CT molecular complexity index is 768. The third-order valence-corrected chi connectivity index (χ3v) is 3.36. The summed E-state index contributed by atoms with van der Waals surface area (Å²) in [6.07, 6.45) is 1.64. The topological polar surface area (TPSA) is 73.9 Å². The van der Waals surface area contributed by atoms with Crippen LogP contribution in [-0.2, 0) is 4.74 Å². The molecular weight excluding hydrogens is 322 g/mol. The fraction of sp³-hybridized carbons (Fsp3) is 0.158. The molecule has 0 unspecified atom stereocenters. The third-order valence-electron chi connectivity index (χ3n) is 3.36. The highest BCUT2D eigenvalue weighted by Crippen LogP contribution is 2.24. The van der Waals surface area contributed by atoms with E-state index < -0.39 is 5.97 Å². The summed E-state index contributed by atoms with van der Waals surface area (Å²) in [5.74, 6) is 0.200. The Hall–Kier alpha value is -3.28. The summed E-state index contributed by atoms with van der Waals surface area (Å²) in [5, 5.41) is 2.70. The van der Waals surface area contributed by atoms with Gasteiger partial charge in [-0.2, -0.15) is 0 Å². The van der Waals surface area contributed by atoms with Gasteiger partial charge in [-0.25, -0.2) is 4.79 Å². The number of hydrogen-bond donors (Lipinski definition) is 1. The number of anilines is 1. The Morgan fingerprint density at radius 2 is 1.76 bits per heavy atom. The van der Waals surface area contributed by atoms with E-state index in [0.717, 1.165) is 0 Å². The van der Waals surface area contributed by atoms with Crippen LogP contribution in [0.1, 0.15) is 20.7 Å². The lowest BCUT2D eigenvalue weighted by Gasteiger charge is -2.12. The molecule has 130 valence electrons. The molecule has 1 amide bonds. The third kappa shape index (κ3) is 4.60. The lowest BCUT2D eigenvalue weighted by molar-refractivity contribution is 0.0601. The fourth-order valence-electron chi connectivity index (χ4n) is 2.09. The molecule has 0 radical (unpaired) electrons. The maximum absolute atomic E-state index is 12.4. The van der Waals surface area contributed by atoms with Crippen LogP contribution < -0.4 is 14.8 Å². The van der Waals surface area contributed by atoms with Crippen LogP contribution in [0.3, 0.4) is 0 Å². The molecule has 0 aromatic heterocycles. The Kier molecular flexibility index (Phi) is 6.17. The number of carbonyl (C=O) groups is 2. The predicted octanol–water partition coefficient (Wildman–Crippen LogP) is 3.30.